The number of hydrogen-bond acceptors (Lipinski definition) is 23. The van der Waals surface area contributed by atoms with E-state index in [4.69, 9.17) is 28.4 Å². The van der Waals surface area contributed by atoms with Gasteiger partial charge in [0.2, 0.25) is 0 Å². The number of fused-ring (bicyclic) bond motifs is 2. The minimum atomic E-state index is -1.32. The van der Waals surface area contributed by atoms with Crippen LogP contribution < -0.4 is 14.2 Å². The van der Waals surface area contributed by atoms with E-state index >= 15 is 0 Å². The molecule has 722 valence electrons. The number of ether oxygens (including phenoxy) is 6. The van der Waals surface area contributed by atoms with E-state index in [1.54, 1.807) is 79.4 Å². The number of esters is 1. The standard InChI is InChI=1S/C19H18O3.C18H22O5.C17H18O6.C17H18O3.C16H18O4.C13H18O2.C12H18O/c1-11-16(12(2)18(21)19(22)17(11)10-20)9-14-8-7-13-5-3-4-6-15(13)14;1-10-6-13(22-3)8-16(23-4)14(10)7-12-5-11(2)17(20)18(21)15(12)9-19;1-10-7-12(14(17(20)21)16(19)15(10)18)9-23-8-11-3-5-13(22-2)6-4-11;1-10-15-12(11-5-3-2-4-6-11)7-8-13(15)14(9-18)17(20)16(10)19;1-11-7-13(14(8-17)16(19)15(11)18)10-20-9-12-5-3-2-4-6-12;1-6-11-7-8(2)9(3)10(4)12(11)13(14)15-5;1-5-12-10(4)9(3)8(2)6-11(12)7-13/h3-6,8,10,21-22H,7,9H2,1-2H3;5-6,8,19-21H,7,9H2,1-4H3;3-7,18-19H,8-9H2,1-2H3,(H,20,21);2-6,12,18-20H,7-9H2,1H3;2-7,17-19H,8-10H2,1H3;7H,6H2,1-5H3;6,13H,5,7H2,1-4H3. The van der Waals surface area contributed by atoms with Gasteiger partial charge in [-0.15, -0.1) is 0 Å². The Balaban J connectivity index is 0.000000196. The lowest BCUT2D eigenvalue weighted by Gasteiger charge is -2.18. The molecule has 2 aliphatic rings. The number of rotatable bonds is 25. The largest absolute Gasteiger partial charge is 0.504 e. The molecule has 0 saturated heterocycles. The number of phenolic OH excluding ortho intramolecular Hbond substituents is 6. The summed E-state index contributed by atoms with van der Waals surface area (Å²) in [5.74, 6) is -2.00. The second-order valence-corrected chi connectivity index (χ2v) is 33.7. The molecule has 12 aromatic carbocycles. The van der Waals surface area contributed by atoms with Gasteiger partial charge in [-0.2, -0.15) is 0 Å². The number of aldehydes is 1. The second-order valence-electron chi connectivity index (χ2n) is 33.7. The van der Waals surface area contributed by atoms with Crippen molar-refractivity contribution in [2.75, 3.05) is 28.4 Å². The van der Waals surface area contributed by atoms with Gasteiger partial charge in [0.15, 0.2) is 63.8 Å². The molecule has 0 spiro atoms. The number of aliphatic hydroxyl groups excluding tert-OH is 4. The molecule has 0 radical (unpaired) electrons. The quantitative estimate of drug-likeness (QED) is 0.0144. The highest BCUT2D eigenvalue weighted by molar-refractivity contribution is 5.94. The third kappa shape index (κ3) is 25.4. The lowest BCUT2D eigenvalue weighted by Crippen LogP contribution is -2.10. The summed E-state index contributed by atoms with van der Waals surface area (Å²) in [7, 11) is 6.19. The van der Waals surface area contributed by atoms with E-state index in [1.165, 1.54) is 68.8 Å². The van der Waals surface area contributed by atoms with Crippen LogP contribution in [0.4, 0.5) is 0 Å². The minimum absolute atomic E-state index is 0.00232. The summed E-state index contributed by atoms with van der Waals surface area (Å²) in [6, 6.07) is 48.3. The van der Waals surface area contributed by atoms with Crippen LogP contribution in [0.3, 0.4) is 0 Å². The number of benzene rings is 12. The van der Waals surface area contributed by atoms with Gasteiger partial charge in [0.1, 0.15) is 22.8 Å². The Morgan fingerprint density at radius 2 is 0.890 bits per heavy atom. The van der Waals surface area contributed by atoms with E-state index in [2.05, 4.69) is 84.0 Å². The highest BCUT2D eigenvalue weighted by atomic mass is 16.5. The Morgan fingerprint density at radius 1 is 0.390 bits per heavy atom. The third-order valence-electron chi connectivity index (χ3n) is 25.5. The summed E-state index contributed by atoms with van der Waals surface area (Å²) in [6.45, 7) is 29.2. The molecule has 0 bridgehead atoms. The number of allylic oxidation sites excluding steroid dienone is 2. The van der Waals surface area contributed by atoms with Crippen molar-refractivity contribution in [3.63, 3.8) is 0 Å². The van der Waals surface area contributed by atoms with Crippen LogP contribution in [0.5, 0.6) is 74.7 Å². The van der Waals surface area contributed by atoms with Gasteiger partial charge in [-0.05, 0) is 315 Å². The Labute approximate surface area is 796 Å². The van der Waals surface area contributed by atoms with Crippen molar-refractivity contribution < 1.29 is 119 Å². The first-order chi connectivity index (χ1) is 64.8. The molecule has 0 aromatic heterocycles. The van der Waals surface area contributed by atoms with Crippen molar-refractivity contribution >= 4 is 23.8 Å². The van der Waals surface area contributed by atoms with Gasteiger partial charge in [0.25, 0.3) is 0 Å². The first kappa shape index (κ1) is 107. The smallest absolute Gasteiger partial charge is 0.339 e. The van der Waals surface area contributed by atoms with E-state index in [0.29, 0.717) is 87.3 Å². The SMILES string of the molecule is CCc1c(CO)cc(C)c(C)c1C.CCc1cc(C)c(C)c(C)c1C(=O)OC.COc1cc(C)c(Cc2cc(C)c(O)c(O)c2CO)c(OC)c1.COc1ccc(COCc2cc(C)c(O)c(O)c2C(=O)O)cc1.Cc1c(O)c(O)c(C=O)c(C)c1CC1=CCc2ccccc21.Cc1c(O)c(O)c(CO)c2c1C(c1ccccc1)CC2.Cc1cc(COCc2ccccc2)c(CO)c(O)c1O. The summed E-state index contributed by atoms with van der Waals surface area (Å²) < 4.78 is 31.7. The second kappa shape index (κ2) is 49.9. The molecular formula is C112H130O24. The molecule has 0 saturated carbocycles. The number of aromatic hydroxyl groups is 10. The fourth-order valence-electron chi connectivity index (χ4n) is 17.2. The maximum atomic E-state index is 11.7. The van der Waals surface area contributed by atoms with E-state index in [0.717, 1.165) is 116 Å². The van der Waals surface area contributed by atoms with E-state index in [9.17, 15) is 91.0 Å². The number of carboxylic acid groups (broad SMARTS) is 1. The normalized spacial score (nSPS) is 11.9. The molecule has 1 atom stereocenters. The Kier molecular flexibility index (Phi) is 39.5. The van der Waals surface area contributed by atoms with Crippen molar-refractivity contribution in [1.82, 2.24) is 0 Å². The monoisotopic (exact) mass is 1860 g/mol. The number of methoxy groups -OCH3 is 4. The summed E-state index contributed by atoms with van der Waals surface area (Å²) in [5, 5.41) is 146. The van der Waals surface area contributed by atoms with Crippen LogP contribution >= 0.6 is 0 Å². The predicted molar refractivity (Wildman–Crippen MR) is 527 cm³/mol. The maximum Gasteiger partial charge on any atom is 0.339 e. The number of carbonyl (C=O) groups is 3. The molecule has 0 heterocycles. The van der Waals surface area contributed by atoms with Gasteiger partial charge in [0, 0.05) is 40.7 Å². The molecule has 24 nitrogen and oxygen atoms in total. The van der Waals surface area contributed by atoms with Crippen LogP contribution in [-0.2, 0) is 106 Å². The van der Waals surface area contributed by atoms with Crippen molar-refractivity contribution in [3.8, 4) is 74.7 Å². The van der Waals surface area contributed by atoms with Crippen LogP contribution in [0, 0.1) is 90.0 Å². The van der Waals surface area contributed by atoms with E-state index in [-0.39, 0.29) is 115 Å². The highest BCUT2D eigenvalue weighted by Crippen LogP contribution is 2.50. The molecule has 12 aromatic rings. The van der Waals surface area contributed by atoms with Gasteiger partial charge in [-0.25, -0.2) is 9.59 Å². The number of aliphatic hydroxyl groups is 4. The van der Waals surface area contributed by atoms with Crippen molar-refractivity contribution in [2.24, 2.45) is 0 Å². The Morgan fingerprint density at radius 3 is 1.43 bits per heavy atom. The van der Waals surface area contributed by atoms with E-state index in [1.807, 2.05) is 113 Å². The van der Waals surface area contributed by atoms with Crippen LogP contribution in [0.2, 0.25) is 0 Å². The van der Waals surface area contributed by atoms with Gasteiger partial charge < -0.3 is 105 Å². The summed E-state index contributed by atoms with van der Waals surface area (Å²) in [6.07, 6.45) is 8.42. The van der Waals surface area contributed by atoms with Gasteiger partial charge in [0.05, 0.1) is 92.4 Å². The minimum Gasteiger partial charge on any atom is -0.504 e. The highest BCUT2D eigenvalue weighted by Gasteiger charge is 2.33. The molecular weight excluding hydrogens is 1730 g/mol. The first-order valence-corrected chi connectivity index (χ1v) is 44.8. The topological polar surface area (TPSA) is 410 Å². The molecule has 2 aliphatic carbocycles. The maximum absolute atomic E-state index is 11.7. The van der Waals surface area contributed by atoms with Gasteiger partial charge >= 0.3 is 11.9 Å². The van der Waals surface area contributed by atoms with Crippen LogP contribution in [0.1, 0.15) is 230 Å². The lowest BCUT2D eigenvalue weighted by atomic mass is 9.88. The Hall–Kier alpha value is -13.9. The molecule has 1 unspecified atom stereocenters. The zero-order valence-corrected chi connectivity index (χ0v) is 81.2. The van der Waals surface area contributed by atoms with Crippen molar-refractivity contribution in [2.45, 2.75) is 208 Å². The number of aryl methyl sites for hydroxylation is 7. The first-order valence-electron chi connectivity index (χ1n) is 44.8. The fraction of sp³-hybridized carbons (Fsp3) is 0.312. The number of phenols is 10. The lowest BCUT2D eigenvalue weighted by molar-refractivity contribution is 0.0597. The summed E-state index contributed by atoms with van der Waals surface area (Å²) in [5.41, 5.74) is 29.6. The summed E-state index contributed by atoms with van der Waals surface area (Å²) >= 11 is 0. The summed E-state index contributed by atoms with van der Waals surface area (Å²) in [4.78, 5) is 34.1. The van der Waals surface area contributed by atoms with Crippen LogP contribution in [0.25, 0.3) is 5.57 Å². The molecule has 136 heavy (non-hydrogen) atoms. The molecule has 0 fully saturated rings. The molecule has 0 aliphatic heterocycles. The zero-order valence-electron chi connectivity index (χ0n) is 81.2. The van der Waals surface area contributed by atoms with Gasteiger partial charge in [-0.1, -0.05) is 135 Å². The number of carboxylic acids is 1. The number of aromatic carboxylic acids is 1. The molecule has 24 heteroatoms. The average Bonchev–Trinajstić information content (AvgIpc) is 1.59. The Bertz CT molecular complexity index is 6250. The molecule has 14 rings (SSSR count). The number of hydrogen-bond donors (Lipinski definition) is 15. The van der Waals surface area contributed by atoms with Crippen molar-refractivity contribution in [1.29, 1.82) is 0 Å². The average molecular weight is 1860 g/mol. The number of carbonyl (C=O) groups excluding carboxylic acids is 2. The van der Waals surface area contributed by atoms with E-state index < -0.39 is 17.5 Å². The fourth-order valence-corrected chi connectivity index (χ4v) is 17.2. The zero-order chi connectivity index (χ0) is 100. The van der Waals surface area contributed by atoms with Crippen LogP contribution in [-0.4, -0.2) is 123 Å². The van der Waals surface area contributed by atoms with Crippen molar-refractivity contribution in [3.05, 3.63) is 347 Å². The molecule has 15 N–H and O–H groups in total. The van der Waals surface area contributed by atoms with Crippen LogP contribution in [0.15, 0.2) is 158 Å². The predicted octanol–water partition coefficient (Wildman–Crippen LogP) is 20.6. The molecule has 0 amide bonds. The third-order valence-corrected chi connectivity index (χ3v) is 25.5. The van der Waals surface area contributed by atoms with Gasteiger partial charge in [-0.3, -0.25) is 4.79 Å².